The molecule has 0 aromatic carbocycles. The highest BCUT2D eigenvalue weighted by atomic mass is 35.5. The van der Waals surface area contributed by atoms with Crippen molar-refractivity contribution in [2.45, 2.75) is 37.5 Å². The van der Waals surface area contributed by atoms with E-state index in [-0.39, 0.29) is 17.2 Å². The molecule has 0 bridgehead atoms. The molecule has 1 aromatic rings. The summed E-state index contributed by atoms with van der Waals surface area (Å²) in [5, 5.41) is 3.93. The first kappa shape index (κ1) is 12.8. The monoisotopic (exact) mass is 273 g/mol. The van der Waals surface area contributed by atoms with Gasteiger partial charge in [-0.05, 0) is 48.7 Å². The minimum Gasteiger partial charge on any atom is -0.440 e. The van der Waals surface area contributed by atoms with E-state index in [1.54, 1.807) is 12.1 Å². The molecule has 1 saturated carbocycles. The first-order valence-electron chi connectivity index (χ1n) is 5.87. The highest BCUT2D eigenvalue weighted by Crippen LogP contribution is 2.29. The fraction of sp³-hybridized carbons (Fsp3) is 0.583. The Balaban J connectivity index is 1.84. The van der Waals surface area contributed by atoms with Crippen molar-refractivity contribution in [1.82, 2.24) is 5.32 Å². The number of carbonyl (C=O) groups is 1. The van der Waals surface area contributed by atoms with Gasteiger partial charge in [-0.2, -0.15) is 11.8 Å². The van der Waals surface area contributed by atoms with Crippen LogP contribution in [-0.4, -0.2) is 23.0 Å². The fourth-order valence-corrected chi connectivity index (χ4v) is 3.44. The lowest BCUT2D eigenvalue weighted by Crippen LogP contribution is -2.32. The molecule has 1 N–H and O–H groups in total. The van der Waals surface area contributed by atoms with E-state index in [1.165, 1.54) is 6.42 Å². The molecule has 1 heterocycles. The van der Waals surface area contributed by atoms with E-state index in [2.05, 4.69) is 12.2 Å². The number of nitrogens with one attached hydrogen (secondary N) is 1. The van der Waals surface area contributed by atoms with Crippen LogP contribution in [0, 0.1) is 0 Å². The van der Waals surface area contributed by atoms with E-state index in [1.807, 2.05) is 11.8 Å². The maximum absolute atomic E-state index is 11.8. The third-order valence-electron chi connectivity index (χ3n) is 2.92. The Labute approximate surface area is 110 Å². The molecule has 2 atom stereocenters. The summed E-state index contributed by atoms with van der Waals surface area (Å²) in [6, 6.07) is 3.46. The lowest BCUT2D eigenvalue weighted by atomic mass is 10.2. The topological polar surface area (TPSA) is 42.2 Å². The van der Waals surface area contributed by atoms with Crippen LogP contribution in [-0.2, 0) is 0 Å². The van der Waals surface area contributed by atoms with Crippen molar-refractivity contribution in [3.63, 3.8) is 0 Å². The van der Waals surface area contributed by atoms with Crippen LogP contribution in [0.4, 0.5) is 0 Å². The third kappa shape index (κ3) is 3.42. The summed E-state index contributed by atoms with van der Waals surface area (Å²) in [5.41, 5.74) is 0. The Morgan fingerprint density at radius 2 is 2.41 bits per heavy atom. The maximum Gasteiger partial charge on any atom is 0.287 e. The van der Waals surface area contributed by atoms with Gasteiger partial charge in [0.05, 0.1) is 0 Å². The molecular formula is C12H16ClNO2S. The average molecular weight is 274 g/mol. The molecule has 5 heteroatoms. The van der Waals surface area contributed by atoms with Gasteiger partial charge >= 0.3 is 0 Å². The Bertz CT molecular complexity index is 394. The van der Waals surface area contributed by atoms with Gasteiger partial charge in [-0.1, -0.05) is 6.92 Å². The van der Waals surface area contributed by atoms with E-state index >= 15 is 0 Å². The van der Waals surface area contributed by atoms with Crippen LogP contribution in [0.1, 0.15) is 36.7 Å². The molecule has 0 radical (unpaired) electrons. The normalized spacial score (nSPS) is 23.9. The molecule has 1 aliphatic rings. The minimum absolute atomic E-state index is 0.163. The molecule has 1 fully saturated rings. The van der Waals surface area contributed by atoms with Gasteiger partial charge in [-0.25, -0.2) is 0 Å². The number of hydrogen-bond acceptors (Lipinski definition) is 3. The summed E-state index contributed by atoms with van der Waals surface area (Å²) >= 11 is 7.61. The van der Waals surface area contributed by atoms with Crippen molar-refractivity contribution >= 4 is 29.3 Å². The van der Waals surface area contributed by atoms with Crippen LogP contribution in [0.3, 0.4) is 0 Å². The SMILES string of the molecule is CCSC1CCC(NC(=O)c2ccc(Cl)o2)C1. The van der Waals surface area contributed by atoms with Crippen molar-refractivity contribution in [2.75, 3.05) is 5.75 Å². The molecule has 94 valence electrons. The van der Waals surface area contributed by atoms with Crippen LogP contribution in [0.15, 0.2) is 16.5 Å². The second-order valence-corrected chi connectivity index (χ2v) is 6.11. The molecule has 3 nitrogen and oxygen atoms in total. The Hall–Kier alpha value is -0.610. The zero-order valence-electron chi connectivity index (χ0n) is 9.74. The number of thioether (sulfide) groups is 1. The number of hydrogen-bond donors (Lipinski definition) is 1. The molecule has 0 saturated heterocycles. The van der Waals surface area contributed by atoms with Gasteiger partial charge in [0, 0.05) is 11.3 Å². The van der Waals surface area contributed by atoms with Gasteiger partial charge in [0.2, 0.25) is 0 Å². The van der Waals surface area contributed by atoms with E-state index in [0.29, 0.717) is 11.0 Å². The summed E-state index contributed by atoms with van der Waals surface area (Å²) < 4.78 is 5.08. The predicted molar refractivity (Wildman–Crippen MR) is 70.7 cm³/mol. The molecule has 2 rings (SSSR count). The smallest absolute Gasteiger partial charge is 0.287 e. The van der Waals surface area contributed by atoms with E-state index in [9.17, 15) is 4.79 Å². The fourth-order valence-electron chi connectivity index (χ4n) is 2.15. The first-order chi connectivity index (χ1) is 8.19. The lowest BCUT2D eigenvalue weighted by molar-refractivity contribution is 0.0910. The second-order valence-electron chi connectivity index (χ2n) is 4.16. The predicted octanol–water partition coefficient (Wildman–Crippen LogP) is 3.34. The molecule has 1 aliphatic carbocycles. The third-order valence-corrected chi connectivity index (χ3v) is 4.36. The number of carbonyl (C=O) groups excluding carboxylic acids is 1. The number of amides is 1. The van der Waals surface area contributed by atoms with Gasteiger partial charge in [-0.15, -0.1) is 0 Å². The van der Waals surface area contributed by atoms with Crippen molar-refractivity contribution < 1.29 is 9.21 Å². The van der Waals surface area contributed by atoms with Crippen molar-refractivity contribution in [3.8, 4) is 0 Å². The summed E-state index contributed by atoms with van der Waals surface area (Å²) in [4.78, 5) is 11.8. The average Bonchev–Trinajstić information content (AvgIpc) is 2.88. The van der Waals surface area contributed by atoms with Crippen LogP contribution >= 0.6 is 23.4 Å². The van der Waals surface area contributed by atoms with Gasteiger partial charge < -0.3 is 9.73 Å². The van der Waals surface area contributed by atoms with Crippen molar-refractivity contribution in [1.29, 1.82) is 0 Å². The molecule has 17 heavy (non-hydrogen) atoms. The van der Waals surface area contributed by atoms with E-state index in [4.69, 9.17) is 16.0 Å². The highest BCUT2D eigenvalue weighted by molar-refractivity contribution is 7.99. The van der Waals surface area contributed by atoms with Crippen LogP contribution in [0.5, 0.6) is 0 Å². The van der Waals surface area contributed by atoms with Crippen LogP contribution in [0.25, 0.3) is 0 Å². The second kappa shape index (κ2) is 5.83. The van der Waals surface area contributed by atoms with Crippen LogP contribution < -0.4 is 5.32 Å². The Morgan fingerprint density at radius 3 is 3.06 bits per heavy atom. The summed E-state index contributed by atoms with van der Waals surface area (Å²) in [7, 11) is 0. The zero-order chi connectivity index (χ0) is 12.3. The highest BCUT2D eigenvalue weighted by Gasteiger charge is 2.26. The quantitative estimate of drug-likeness (QED) is 0.915. The minimum atomic E-state index is -0.163. The van der Waals surface area contributed by atoms with Gasteiger partial charge in [0.1, 0.15) is 0 Å². The van der Waals surface area contributed by atoms with Crippen molar-refractivity contribution in [2.24, 2.45) is 0 Å². The lowest BCUT2D eigenvalue weighted by Gasteiger charge is -2.11. The molecular weight excluding hydrogens is 258 g/mol. The van der Waals surface area contributed by atoms with Gasteiger partial charge in [0.15, 0.2) is 11.0 Å². The Kier molecular flexibility index (Phi) is 4.40. The summed E-state index contributed by atoms with van der Waals surface area (Å²) in [6.45, 7) is 2.17. The van der Waals surface area contributed by atoms with Gasteiger partial charge in [0.25, 0.3) is 5.91 Å². The molecule has 0 aliphatic heterocycles. The van der Waals surface area contributed by atoms with Gasteiger partial charge in [-0.3, -0.25) is 4.79 Å². The molecule has 2 unspecified atom stereocenters. The largest absolute Gasteiger partial charge is 0.440 e. The van der Waals surface area contributed by atoms with E-state index in [0.717, 1.165) is 18.6 Å². The number of rotatable bonds is 4. The standard InChI is InChI=1S/C12H16ClNO2S/c1-2-17-9-4-3-8(7-9)14-12(15)10-5-6-11(13)16-10/h5-6,8-9H,2-4,7H2,1H3,(H,14,15). The number of furan rings is 1. The van der Waals surface area contributed by atoms with Crippen molar-refractivity contribution in [3.05, 3.63) is 23.1 Å². The van der Waals surface area contributed by atoms with E-state index < -0.39 is 0 Å². The molecule has 0 spiro atoms. The van der Waals surface area contributed by atoms with Crippen LogP contribution in [0.2, 0.25) is 5.22 Å². The summed E-state index contributed by atoms with van der Waals surface area (Å²) in [5.74, 6) is 1.27. The molecule has 1 amide bonds. The zero-order valence-corrected chi connectivity index (χ0v) is 11.3. The summed E-state index contributed by atoms with van der Waals surface area (Å²) in [6.07, 6.45) is 3.29. The Morgan fingerprint density at radius 1 is 1.59 bits per heavy atom. The molecule has 1 aromatic heterocycles. The maximum atomic E-state index is 11.8. The first-order valence-corrected chi connectivity index (χ1v) is 7.29. The number of halogens is 1.